The van der Waals surface area contributed by atoms with Crippen LogP contribution in [0.15, 0.2) is 22.7 Å². The van der Waals surface area contributed by atoms with Crippen LogP contribution in [0.1, 0.15) is 5.56 Å². The summed E-state index contributed by atoms with van der Waals surface area (Å²) < 4.78 is 26.1. The number of benzene rings is 1. The van der Waals surface area contributed by atoms with Crippen LogP contribution in [0.4, 0.5) is 8.78 Å². The molecule has 0 aliphatic heterocycles. The minimum Gasteiger partial charge on any atom is -0.477 e. The van der Waals surface area contributed by atoms with E-state index in [4.69, 9.17) is 16.7 Å². The number of hydrogen-bond acceptors (Lipinski definition) is 1. The van der Waals surface area contributed by atoms with Crippen LogP contribution in [0.5, 0.6) is 0 Å². The van der Waals surface area contributed by atoms with Gasteiger partial charge in [0.05, 0.1) is 0 Å². The molecule has 1 aromatic rings. The molecule has 0 fully saturated rings. The maximum absolute atomic E-state index is 13.0. The largest absolute Gasteiger partial charge is 0.477 e. The van der Waals surface area contributed by atoms with Crippen molar-refractivity contribution in [2.75, 3.05) is 0 Å². The summed E-state index contributed by atoms with van der Waals surface area (Å²) in [6.07, 6.45) is 0. The van der Waals surface area contributed by atoms with Gasteiger partial charge in [-0.3, -0.25) is 0 Å². The van der Waals surface area contributed by atoms with Crippen LogP contribution in [0.2, 0.25) is 5.02 Å². The van der Waals surface area contributed by atoms with Gasteiger partial charge < -0.3 is 5.11 Å². The minimum absolute atomic E-state index is 0.00861. The average Bonchev–Trinajstić information content (AvgIpc) is 2.08. The zero-order valence-corrected chi connectivity index (χ0v) is 8.94. The topological polar surface area (TPSA) is 37.3 Å². The van der Waals surface area contributed by atoms with Crippen LogP contribution in [-0.2, 0) is 10.7 Å². The molecular formula is C8H4BrClF2O2. The first kappa shape index (κ1) is 11.4. The second-order valence-corrected chi connectivity index (χ2v) is 3.79. The Hall–Kier alpha value is -0.680. The molecule has 0 spiro atoms. The van der Waals surface area contributed by atoms with Gasteiger partial charge in [0.1, 0.15) is 0 Å². The lowest BCUT2D eigenvalue weighted by Gasteiger charge is -2.13. The second-order valence-electron chi connectivity index (χ2n) is 2.50. The number of halogens is 4. The van der Waals surface area contributed by atoms with E-state index in [2.05, 4.69) is 15.9 Å². The lowest BCUT2D eigenvalue weighted by atomic mass is 10.1. The van der Waals surface area contributed by atoms with Crippen LogP contribution < -0.4 is 0 Å². The Morgan fingerprint density at radius 3 is 2.57 bits per heavy atom. The standard InChI is InChI=1S/C8H4BrClF2O2/c9-6-2-1-4(10)3-5(6)8(11,12)7(13)14/h1-3H,(H,13,14). The number of rotatable bonds is 2. The predicted molar refractivity (Wildman–Crippen MR) is 50.7 cm³/mol. The van der Waals surface area contributed by atoms with E-state index in [0.29, 0.717) is 0 Å². The molecule has 0 unspecified atom stereocenters. The lowest BCUT2D eigenvalue weighted by Crippen LogP contribution is -2.25. The Balaban J connectivity index is 3.31. The van der Waals surface area contributed by atoms with Gasteiger partial charge in [-0.1, -0.05) is 27.5 Å². The molecule has 0 saturated carbocycles. The third-order valence-electron chi connectivity index (χ3n) is 1.54. The number of carboxylic acids is 1. The van der Waals surface area contributed by atoms with Crippen molar-refractivity contribution in [1.29, 1.82) is 0 Å². The molecule has 14 heavy (non-hydrogen) atoms. The number of alkyl halides is 2. The first-order chi connectivity index (χ1) is 6.35. The third-order valence-corrected chi connectivity index (χ3v) is 2.46. The molecule has 1 N–H and O–H groups in total. The monoisotopic (exact) mass is 284 g/mol. The van der Waals surface area contributed by atoms with Crippen LogP contribution in [0.3, 0.4) is 0 Å². The maximum atomic E-state index is 13.0. The number of carbonyl (C=O) groups is 1. The molecule has 2 nitrogen and oxygen atoms in total. The zero-order valence-electron chi connectivity index (χ0n) is 6.60. The van der Waals surface area contributed by atoms with E-state index in [0.717, 1.165) is 6.07 Å². The molecule has 0 atom stereocenters. The van der Waals surface area contributed by atoms with Crippen molar-refractivity contribution in [3.05, 3.63) is 33.3 Å². The normalized spacial score (nSPS) is 11.4. The van der Waals surface area contributed by atoms with Crippen LogP contribution >= 0.6 is 27.5 Å². The zero-order chi connectivity index (χ0) is 10.9. The molecule has 1 aromatic carbocycles. The highest BCUT2D eigenvalue weighted by molar-refractivity contribution is 9.10. The summed E-state index contributed by atoms with van der Waals surface area (Å²) in [5, 5.41) is 8.36. The fraction of sp³-hybridized carbons (Fsp3) is 0.125. The first-order valence-corrected chi connectivity index (χ1v) is 4.59. The molecular weight excluding hydrogens is 281 g/mol. The minimum atomic E-state index is -3.94. The molecule has 0 aliphatic carbocycles. The third kappa shape index (κ3) is 2.04. The molecule has 0 radical (unpaired) electrons. The summed E-state index contributed by atoms with van der Waals surface area (Å²) in [4.78, 5) is 10.3. The van der Waals surface area contributed by atoms with Gasteiger partial charge in [0.15, 0.2) is 0 Å². The van der Waals surface area contributed by atoms with E-state index >= 15 is 0 Å². The lowest BCUT2D eigenvalue weighted by molar-refractivity contribution is -0.166. The van der Waals surface area contributed by atoms with Crippen LogP contribution in [0.25, 0.3) is 0 Å². The Morgan fingerprint density at radius 2 is 2.07 bits per heavy atom. The highest BCUT2D eigenvalue weighted by Crippen LogP contribution is 2.35. The Bertz CT molecular complexity index is 382. The Morgan fingerprint density at radius 1 is 1.50 bits per heavy atom. The first-order valence-electron chi connectivity index (χ1n) is 3.42. The van der Waals surface area contributed by atoms with Crippen molar-refractivity contribution in [3.8, 4) is 0 Å². The second kappa shape index (κ2) is 3.82. The molecule has 0 aliphatic rings. The van der Waals surface area contributed by atoms with E-state index in [-0.39, 0.29) is 9.50 Å². The van der Waals surface area contributed by atoms with Crippen LogP contribution in [-0.4, -0.2) is 11.1 Å². The van der Waals surface area contributed by atoms with E-state index in [1.54, 1.807) is 0 Å². The highest BCUT2D eigenvalue weighted by atomic mass is 79.9. The van der Waals surface area contributed by atoms with Crippen molar-refractivity contribution in [1.82, 2.24) is 0 Å². The summed E-state index contributed by atoms with van der Waals surface area (Å²) >= 11 is 8.31. The van der Waals surface area contributed by atoms with Gasteiger partial charge in [0, 0.05) is 15.1 Å². The van der Waals surface area contributed by atoms with Crippen molar-refractivity contribution < 1.29 is 18.7 Å². The van der Waals surface area contributed by atoms with E-state index in [1.807, 2.05) is 0 Å². The highest BCUT2D eigenvalue weighted by Gasteiger charge is 2.42. The summed E-state index contributed by atoms with van der Waals surface area (Å²) in [5.74, 6) is -6.15. The van der Waals surface area contributed by atoms with E-state index in [1.165, 1.54) is 12.1 Å². The fourth-order valence-corrected chi connectivity index (χ4v) is 1.52. The van der Waals surface area contributed by atoms with Gasteiger partial charge in [-0.25, -0.2) is 4.79 Å². The maximum Gasteiger partial charge on any atom is 0.379 e. The van der Waals surface area contributed by atoms with Gasteiger partial charge in [-0.15, -0.1) is 0 Å². The summed E-state index contributed by atoms with van der Waals surface area (Å²) in [5.41, 5.74) is -0.655. The van der Waals surface area contributed by atoms with E-state index in [9.17, 15) is 13.6 Å². The summed E-state index contributed by atoms with van der Waals surface area (Å²) in [6, 6.07) is 3.57. The SMILES string of the molecule is O=C(O)C(F)(F)c1cc(Cl)ccc1Br. The molecule has 0 aromatic heterocycles. The Kier molecular flexibility index (Phi) is 3.11. The van der Waals surface area contributed by atoms with Crippen molar-refractivity contribution in [2.24, 2.45) is 0 Å². The van der Waals surface area contributed by atoms with Gasteiger partial charge in [-0.05, 0) is 18.2 Å². The average molecular weight is 285 g/mol. The van der Waals surface area contributed by atoms with E-state index < -0.39 is 17.5 Å². The fourth-order valence-electron chi connectivity index (χ4n) is 0.853. The molecule has 0 saturated heterocycles. The summed E-state index contributed by atoms with van der Waals surface area (Å²) in [6.45, 7) is 0. The molecule has 1 rings (SSSR count). The number of aliphatic carboxylic acids is 1. The molecule has 0 amide bonds. The van der Waals surface area contributed by atoms with Crippen molar-refractivity contribution in [3.63, 3.8) is 0 Å². The van der Waals surface area contributed by atoms with Gasteiger partial charge in [0.25, 0.3) is 0 Å². The molecule has 6 heteroatoms. The van der Waals surface area contributed by atoms with Crippen molar-refractivity contribution >= 4 is 33.5 Å². The quantitative estimate of drug-likeness (QED) is 0.905. The molecule has 76 valence electrons. The van der Waals surface area contributed by atoms with Gasteiger partial charge >= 0.3 is 11.9 Å². The van der Waals surface area contributed by atoms with Gasteiger partial charge in [-0.2, -0.15) is 8.78 Å². The smallest absolute Gasteiger partial charge is 0.379 e. The molecule has 0 bridgehead atoms. The van der Waals surface area contributed by atoms with Crippen LogP contribution in [0, 0.1) is 0 Å². The number of hydrogen-bond donors (Lipinski definition) is 1. The number of carboxylic acid groups (broad SMARTS) is 1. The molecule has 0 heterocycles. The Labute approximate surface area is 91.6 Å². The van der Waals surface area contributed by atoms with Crippen molar-refractivity contribution in [2.45, 2.75) is 5.92 Å². The van der Waals surface area contributed by atoms with Gasteiger partial charge in [0.2, 0.25) is 0 Å². The summed E-state index contributed by atoms with van der Waals surface area (Å²) in [7, 11) is 0. The predicted octanol–water partition coefficient (Wildman–Crippen LogP) is 3.28.